The number of halogens is 3. The number of aliphatic hydroxyl groups is 1. The van der Waals surface area contributed by atoms with E-state index in [2.05, 4.69) is 9.15 Å². The van der Waals surface area contributed by atoms with Crippen molar-refractivity contribution < 1.29 is 37.0 Å². The molecule has 2 N–H and O–H groups in total. The average Bonchev–Trinajstić information content (AvgIpc) is 2.80. The lowest BCUT2D eigenvalue weighted by Gasteiger charge is -2.28. The third kappa shape index (κ3) is 3.05. The topological polar surface area (TPSA) is 88.8 Å². The number of nitrogens with one attached hydrogen (secondary N) is 1. The lowest BCUT2D eigenvalue weighted by Crippen LogP contribution is -2.64. The smallest absolute Gasteiger partial charge is 0.448 e. The van der Waals surface area contributed by atoms with Crippen LogP contribution in [0.15, 0.2) is 22.8 Å². The maximum Gasteiger partial charge on any atom is 0.448 e. The Morgan fingerprint density at radius 3 is 2.53 bits per heavy atom. The van der Waals surface area contributed by atoms with Gasteiger partial charge in [-0.25, -0.2) is 4.79 Å². The van der Waals surface area contributed by atoms with Gasteiger partial charge in [-0.3, -0.25) is 4.79 Å². The molecule has 0 aliphatic carbocycles. The van der Waals surface area contributed by atoms with Crippen LogP contribution in [-0.2, 0) is 9.53 Å². The number of hydrogen-bond donors (Lipinski definition) is 2. The minimum atomic E-state index is -5.44. The van der Waals surface area contributed by atoms with E-state index in [1.54, 1.807) is 0 Å². The number of ether oxygens (including phenoxy) is 1. The van der Waals surface area contributed by atoms with Gasteiger partial charge < -0.3 is 19.6 Å². The van der Waals surface area contributed by atoms with Gasteiger partial charge >= 0.3 is 17.9 Å². The van der Waals surface area contributed by atoms with E-state index in [4.69, 9.17) is 0 Å². The van der Waals surface area contributed by atoms with Crippen LogP contribution in [0.5, 0.6) is 0 Å². The van der Waals surface area contributed by atoms with Gasteiger partial charge in [0.05, 0.1) is 12.9 Å². The van der Waals surface area contributed by atoms with Gasteiger partial charge in [-0.05, 0) is 19.1 Å². The van der Waals surface area contributed by atoms with Gasteiger partial charge in [0.15, 0.2) is 5.76 Å². The van der Waals surface area contributed by atoms with Crippen LogP contribution in [0.1, 0.15) is 17.5 Å². The fourth-order valence-corrected chi connectivity index (χ4v) is 1.11. The zero-order valence-electron chi connectivity index (χ0n) is 9.65. The first-order valence-corrected chi connectivity index (χ1v) is 5.04. The van der Waals surface area contributed by atoms with Crippen LogP contribution in [0, 0.1) is 0 Å². The van der Waals surface area contributed by atoms with Gasteiger partial charge in [0.2, 0.25) is 0 Å². The largest absolute Gasteiger partial charge is 0.462 e. The molecule has 0 bridgehead atoms. The molecule has 106 valence electrons. The van der Waals surface area contributed by atoms with Crippen molar-refractivity contribution in [2.45, 2.75) is 18.8 Å². The molecule has 19 heavy (non-hydrogen) atoms. The van der Waals surface area contributed by atoms with Gasteiger partial charge in [-0.2, -0.15) is 13.2 Å². The van der Waals surface area contributed by atoms with Crippen LogP contribution in [0.4, 0.5) is 13.2 Å². The zero-order valence-corrected chi connectivity index (χ0v) is 9.65. The Morgan fingerprint density at radius 1 is 1.47 bits per heavy atom. The maximum atomic E-state index is 12.7. The van der Waals surface area contributed by atoms with Gasteiger partial charge in [0.25, 0.3) is 5.91 Å². The van der Waals surface area contributed by atoms with Crippen LogP contribution in [0.2, 0.25) is 0 Å². The summed E-state index contributed by atoms with van der Waals surface area (Å²) < 4.78 is 46.7. The Kier molecular flexibility index (Phi) is 4.20. The predicted octanol–water partition coefficient (Wildman–Crippen LogP) is 0.823. The van der Waals surface area contributed by atoms with Crippen LogP contribution >= 0.6 is 0 Å². The molecule has 0 saturated carbocycles. The summed E-state index contributed by atoms with van der Waals surface area (Å²) in [6, 6.07) is 2.32. The quantitative estimate of drug-likeness (QED) is 0.630. The lowest BCUT2D eigenvalue weighted by molar-refractivity contribution is -0.269. The number of furan rings is 1. The highest BCUT2D eigenvalue weighted by Crippen LogP contribution is 2.29. The van der Waals surface area contributed by atoms with E-state index in [-0.39, 0.29) is 0 Å². The Morgan fingerprint density at radius 2 is 2.11 bits per heavy atom. The molecule has 0 fully saturated rings. The van der Waals surface area contributed by atoms with Crippen LogP contribution < -0.4 is 5.32 Å². The van der Waals surface area contributed by atoms with Gasteiger partial charge in [-0.15, -0.1) is 0 Å². The van der Waals surface area contributed by atoms with E-state index in [0.29, 0.717) is 0 Å². The Hall–Kier alpha value is -2.03. The van der Waals surface area contributed by atoms with Crippen molar-refractivity contribution in [1.29, 1.82) is 0 Å². The number of esters is 1. The Bertz CT molecular complexity index is 456. The molecule has 0 saturated heterocycles. The second kappa shape index (κ2) is 5.31. The van der Waals surface area contributed by atoms with Crippen molar-refractivity contribution in [1.82, 2.24) is 5.32 Å². The summed E-state index contributed by atoms with van der Waals surface area (Å²) in [5.41, 5.74) is -4.13. The highest BCUT2D eigenvalue weighted by molar-refractivity contribution is 5.95. The molecule has 0 aliphatic rings. The van der Waals surface area contributed by atoms with E-state index < -0.39 is 36.1 Å². The van der Waals surface area contributed by atoms with Crippen molar-refractivity contribution >= 4 is 11.9 Å². The molecule has 6 nitrogen and oxygen atoms in total. The summed E-state index contributed by atoms with van der Waals surface area (Å²) >= 11 is 0. The highest BCUT2D eigenvalue weighted by atomic mass is 19.4. The summed E-state index contributed by atoms with van der Waals surface area (Å²) in [6.07, 6.45) is -4.40. The first-order chi connectivity index (χ1) is 8.72. The third-order valence-corrected chi connectivity index (χ3v) is 2.02. The van der Waals surface area contributed by atoms with Gasteiger partial charge in [0, 0.05) is 0 Å². The number of carbonyl (C=O) groups is 2. The SMILES string of the molecule is CCOC(=O)[C@](O)(NC(=O)c1ccco1)C(F)(F)F. The molecule has 1 aromatic rings. The molecule has 1 aromatic heterocycles. The normalized spacial score (nSPS) is 14.6. The van der Waals surface area contributed by atoms with Crippen molar-refractivity contribution in [2.24, 2.45) is 0 Å². The van der Waals surface area contributed by atoms with Crippen molar-refractivity contribution in [2.75, 3.05) is 6.61 Å². The molecular weight excluding hydrogens is 271 g/mol. The second-order valence-corrected chi connectivity index (χ2v) is 3.36. The maximum absolute atomic E-state index is 12.7. The first-order valence-electron chi connectivity index (χ1n) is 5.04. The molecule has 1 atom stereocenters. The highest BCUT2D eigenvalue weighted by Gasteiger charge is 2.62. The first kappa shape index (κ1) is 15.0. The molecule has 0 unspecified atom stereocenters. The minimum Gasteiger partial charge on any atom is -0.462 e. The van der Waals surface area contributed by atoms with E-state index >= 15 is 0 Å². The van der Waals surface area contributed by atoms with Crippen LogP contribution in [-0.4, -0.2) is 35.5 Å². The molecule has 0 aliphatic heterocycles. The minimum absolute atomic E-state index is 0.395. The lowest BCUT2D eigenvalue weighted by atomic mass is 10.2. The van der Waals surface area contributed by atoms with E-state index in [1.807, 2.05) is 0 Å². The Labute approximate surface area is 105 Å². The molecule has 0 radical (unpaired) electrons. The fraction of sp³-hybridized carbons (Fsp3) is 0.400. The van der Waals surface area contributed by atoms with Crippen LogP contribution in [0.3, 0.4) is 0 Å². The standard InChI is InChI=1S/C10H10F3NO5/c1-2-18-8(16)9(17,10(11,12)13)14-7(15)6-4-3-5-19-6/h3-5,17H,2H2,1H3,(H,14,15)/t9-/m1/s1. The van der Waals surface area contributed by atoms with E-state index in [9.17, 15) is 27.9 Å². The molecule has 0 spiro atoms. The number of amides is 1. The average molecular weight is 281 g/mol. The van der Waals surface area contributed by atoms with Crippen molar-refractivity contribution in [3.05, 3.63) is 24.2 Å². The van der Waals surface area contributed by atoms with Crippen LogP contribution in [0.25, 0.3) is 0 Å². The van der Waals surface area contributed by atoms with Gasteiger partial charge in [0.1, 0.15) is 0 Å². The second-order valence-electron chi connectivity index (χ2n) is 3.36. The fourth-order valence-electron chi connectivity index (χ4n) is 1.11. The van der Waals surface area contributed by atoms with E-state index in [1.165, 1.54) is 13.0 Å². The molecular formula is C10H10F3NO5. The molecule has 1 heterocycles. The molecule has 1 amide bonds. The molecule has 0 aromatic carbocycles. The Balaban J connectivity index is 2.99. The van der Waals surface area contributed by atoms with Gasteiger partial charge in [-0.1, -0.05) is 0 Å². The number of carbonyl (C=O) groups excluding carboxylic acids is 2. The molecule has 1 rings (SSSR count). The number of hydrogen-bond acceptors (Lipinski definition) is 5. The number of rotatable bonds is 4. The molecule has 9 heteroatoms. The summed E-state index contributed by atoms with van der Waals surface area (Å²) in [5.74, 6) is -3.92. The number of alkyl halides is 3. The van der Waals surface area contributed by atoms with E-state index in [0.717, 1.165) is 17.6 Å². The van der Waals surface area contributed by atoms with Crippen molar-refractivity contribution in [3.63, 3.8) is 0 Å². The predicted molar refractivity (Wildman–Crippen MR) is 53.8 cm³/mol. The summed E-state index contributed by atoms with van der Waals surface area (Å²) in [7, 11) is 0. The summed E-state index contributed by atoms with van der Waals surface area (Å²) in [5, 5.41) is 10.5. The summed E-state index contributed by atoms with van der Waals surface area (Å²) in [4.78, 5) is 22.6. The monoisotopic (exact) mass is 281 g/mol. The van der Waals surface area contributed by atoms with Crippen molar-refractivity contribution in [3.8, 4) is 0 Å². The summed E-state index contributed by atoms with van der Waals surface area (Å²) in [6.45, 7) is 0.858. The zero-order chi connectivity index (χ0) is 14.7. The third-order valence-electron chi connectivity index (χ3n) is 2.02.